The van der Waals surface area contributed by atoms with Crippen molar-refractivity contribution in [1.29, 1.82) is 0 Å². The number of likely N-dealkylation sites (N-methyl/N-ethyl adjacent to an activating group) is 1. The Morgan fingerprint density at radius 1 is 1.09 bits per heavy atom. The van der Waals surface area contributed by atoms with E-state index < -0.39 is 0 Å². The standard InChI is InChI=1S/C18H20N2O2/c1-20-13-5-8-17(20)18(21)19-14-9-11-16(12-10-14)22-15-6-3-2-4-7-15/h2-4,6-7,9-12,17H,5,8,13H2,1H3,(H,19,21). The number of likely N-dealkylation sites (tertiary alicyclic amines) is 1. The van der Waals surface area contributed by atoms with Crippen LogP contribution < -0.4 is 10.1 Å². The first kappa shape index (κ1) is 14.6. The van der Waals surface area contributed by atoms with E-state index in [1.165, 1.54) is 0 Å². The predicted octanol–water partition coefficient (Wildman–Crippen LogP) is 3.51. The summed E-state index contributed by atoms with van der Waals surface area (Å²) in [7, 11) is 1.99. The number of carbonyl (C=O) groups is 1. The van der Waals surface area contributed by atoms with Crippen molar-refractivity contribution in [1.82, 2.24) is 4.90 Å². The maximum atomic E-state index is 12.2. The molecular formula is C18H20N2O2. The molecule has 4 nitrogen and oxygen atoms in total. The lowest BCUT2D eigenvalue weighted by atomic mass is 10.2. The summed E-state index contributed by atoms with van der Waals surface area (Å²) in [5.74, 6) is 1.62. The first-order valence-corrected chi connectivity index (χ1v) is 7.56. The monoisotopic (exact) mass is 296 g/mol. The lowest BCUT2D eigenvalue weighted by Gasteiger charge is -2.18. The second-order valence-electron chi connectivity index (χ2n) is 5.57. The van der Waals surface area contributed by atoms with Crippen LogP contribution in [0.15, 0.2) is 54.6 Å². The molecule has 1 fully saturated rings. The number of ether oxygens (including phenoxy) is 1. The topological polar surface area (TPSA) is 41.6 Å². The normalized spacial score (nSPS) is 18.1. The molecule has 0 spiro atoms. The number of hydrogen-bond donors (Lipinski definition) is 1. The zero-order chi connectivity index (χ0) is 15.4. The molecule has 0 saturated carbocycles. The van der Waals surface area contributed by atoms with Crippen molar-refractivity contribution in [2.75, 3.05) is 18.9 Å². The summed E-state index contributed by atoms with van der Waals surface area (Å²) in [6, 6.07) is 17.1. The Labute approximate surface area is 130 Å². The number of nitrogens with one attached hydrogen (secondary N) is 1. The number of hydrogen-bond acceptors (Lipinski definition) is 3. The fraction of sp³-hybridized carbons (Fsp3) is 0.278. The van der Waals surface area contributed by atoms with Gasteiger partial charge in [-0.15, -0.1) is 0 Å². The maximum Gasteiger partial charge on any atom is 0.241 e. The molecule has 1 heterocycles. The molecule has 114 valence electrons. The van der Waals surface area contributed by atoms with Crippen LogP contribution in [0.3, 0.4) is 0 Å². The van der Waals surface area contributed by atoms with E-state index in [9.17, 15) is 4.79 Å². The number of nitrogens with zero attached hydrogens (tertiary/aromatic N) is 1. The molecule has 0 bridgehead atoms. The SMILES string of the molecule is CN1CCCC1C(=O)Nc1ccc(Oc2ccccc2)cc1. The van der Waals surface area contributed by atoms with Crippen LogP contribution in [0.1, 0.15) is 12.8 Å². The summed E-state index contributed by atoms with van der Waals surface area (Å²) >= 11 is 0. The van der Waals surface area contributed by atoms with Crippen molar-refractivity contribution < 1.29 is 9.53 Å². The van der Waals surface area contributed by atoms with Crippen molar-refractivity contribution in [2.24, 2.45) is 0 Å². The Bertz CT molecular complexity index is 625. The highest BCUT2D eigenvalue weighted by Crippen LogP contribution is 2.23. The zero-order valence-corrected chi connectivity index (χ0v) is 12.7. The van der Waals surface area contributed by atoms with Crippen LogP contribution in [0.25, 0.3) is 0 Å². The third-order valence-corrected chi connectivity index (χ3v) is 3.92. The predicted molar refractivity (Wildman–Crippen MR) is 87.2 cm³/mol. The van der Waals surface area contributed by atoms with Crippen molar-refractivity contribution >= 4 is 11.6 Å². The summed E-state index contributed by atoms with van der Waals surface area (Å²) in [5, 5.41) is 2.97. The summed E-state index contributed by atoms with van der Waals surface area (Å²) in [5.41, 5.74) is 0.797. The van der Waals surface area contributed by atoms with Gasteiger partial charge in [-0.2, -0.15) is 0 Å². The van der Waals surface area contributed by atoms with Gasteiger partial charge in [0.1, 0.15) is 11.5 Å². The Hall–Kier alpha value is -2.33. The molecule has 1 N–H and O–H groups in total. The van der Waals surface area contributed by atoms with Crippen molar-refractivity contribution in [3.63, 3.8) is 0 Å². The highest BCUT2D eigenvalue weighted by atomic mass is 16.5. The Morgan fingerprint density at radius 3 is 2.41 bits per heavy atom. The average molecular weight is 296 g/mol. The third-order valence-electron chi connectivity index (χ3n) is 3.92. The Morgan fingerprint density at radius 2 is 1.77 bits per heavy atom. The maximum absolute atomic E-state index is 12.2. The highest BCUT2D eigenvalue weighted by Gasteiger charge is 2.27. The van der Waals surface area contributed by atoms with Gasteiger partial charge < -0.3 is 10.1 Å². The van der Waals surface area contributed by atoms with E-state index in [-0.39, 0.29) is 11.9 Å². The van der Waals surface area contributed by atoms with Crippen LogP contribution in [-0.2, 0) is 4.79 Å². The lowest BCUT2D eigenvalue weighted by molar-refractivity contribution is -0.119. The van der Waals surface area contributed by atoms with E-state index in [1.54, 1.807) is 0 Å². The molecule has 4 heteroatoms. The minimum absolute atomic E-state index is 0.0137. The average Bonchev–Trinajstić information content (AvgIpc) is 2.96. The van der Waals surface area contributed by atoms with Crippen molar-refractivity contribution in [2.45, 2.75) is 18.9 Å². The minimum atomic E-state index is -0.0137. The van der Waals surface area contributed by atoms with Crippen molar-refractivity contribution in [3.05, 3.63) is 54.6 Å². The molecule has 0 radical (unpaired) electrons. The van der Waals surface area contributed by atoms with Crippen LogP contribution in [-0.4, -0.2) is 30.4 Å². The quantitative estimate of drug-likeness (QED) is 0.938. The number of carbonyl (C=O) groups excluding carboxylic acids is 1. The minimum Gasteiger partial charge on any atom is -0.457 e. The Kier molecular flexibility index (Phi) is 4.39. The first-order chi connectivity index (χ1) is 10.7. The number of benzene rings is 2. The molecule has 1 saturated heterocycles. The van der Waals surface area contributed by atoms with Crippen LogP contribution in [0, 0.1) is 0 Å². The van der Waals surface area contributed by atoms with Gasteiger partial charge in [0, 0.05) is 5.69 Å². The molecule has 1 unspecified atom stereocenters. The van der Waals surface area contributed by atoms with Gasteiger partial charge in [0.15, 0.2) is 0 Å². The largest absolute Gasteiger partial charge is 0.457 e. The summed E-state index contributed by atoms with van der Waals surface area (Å²) < 4.78 is 5.73. The highest BCUT2D eigenvalue weighted by molar-refractivity contribution is 5.95. The van der Waals surface area contributed by atoms with E-state index in [1.807, 2.05) is 61.6 Å². The van der Waals surface area contributed by atoms with Crippen LogP contribution in [0.5, 0.6) is 11.5 Å². The molecule has 0 aromatic heterocycles. The smallest absolute Gasteiger partial charge is 0.241 e. The van der Waals surface area contributed by atoms with Gasteiger partial charge >= 0.3 is 0 Å². The Balaban J connectivity index is 1.61. The fourth-order valence-corrected chi connectivity index (χ4v) is 2.70. The van der Waals surface area contributed by atoms with Gasteiger partial charge in [-0.3, -0.25) is 9.69 Å². The number of amides is 1. The molecule has 2 aromatic carbocycles. The number of anilines is 1. The van der Waals surface area contributed by atoms with Crippen LogP contribution in [0.4, 0.5) is 5.69 Å². The summed E-state index contributed by atoms with van der Waals surface area (Å²) in [6.07, 6.45) is 2.01. The summed E-state index contributed by atoms with van der Waals surface area (Å²) in [6.45, 7) is 0.988. The van der Waals surface area contributed by atoms with Gasteiger partial charge in [0.05, 0.1) is 6.04 Å². The molecule has 0 aliphatic carbocycles. The molecular weight excluding hydrogens is 276 g/mol. The van der Waals surface area contributed by atoms with Crippen LogP contribution in [0.2, 0.25) is 0 Å². The van der Waals surface area contributed by atoms with Gasteiger partial charge in [-0.25, -0.2) is 0 Å². The van der Waals surface area contributed by atoms with E-state index in [0.29, 0.717) is 0 Å². The van der Waals surface area contributed by atoms with Gasteiger partial charge in [0.25, 0.3) is 0 Å². The fourth-order valence-electron chi connectivity index (χ4n) is 2.70. The van der Waals surface area contributed by atoms with Gasteiger partial charge in [-0.1, -0.05) is 18.2 Å². The molecule has 3 rings (SSSR count). The third kappa shape index (κ3) is 3.46. The molecule has 22 heavy (non-hydrogen) atoms. The molecule has 1 aliphatic rings. The van der Waals surface area contributed by atoms with E-state index >= 15 is 0 Å². The van der Waals surface area contributed by atoms with E-state index in [0.717, 1.165) is 36.6 Å². The lowest BCUT2D eigenvalue weighted by Crippen LogP contribution is -2.37. The molecule has 2 aromatic rings. The second kappa shape index (κ2) is 6.62. The molecule has 1 atom stereocenters. The van der Waals surface area contributed by atoms with Crippen molar-refractivity contribution in [3.8, 4) is 11.5 Å². The number of para-hydroxylation sites is 1. The van der Waals surface area contributed by atoms with Gasteiger partial charge in [0.2, 0.25) is 5.91 Å². The van der Waals surface area contributed by atoms with E-state index in [2.05, 4.69) is 10.2 Å². The molecule has 1 aliphatic heterocycles. The van der Waals surface area contributed by atoms with E-state index in [4.69, 9.17) is 4.74 Å². The van der Waals surface area contributed by atoms with Crippen LogP contribution >= 0.6 is 0 Å². The van der Waals surface area contributed by atoms with Gasteiger partial charge in [-0.05, 0) is 62.8 Å². The second-order valence-corrected chi connectivity index (χ2v) is 5.57. The molecule has 1 amide bonds. The first-order valence-electron chi connectivity index (χ1n) is 7.56. The zero-order valence-electron chi connectivity index (χ0n) is 12.7. The number of rotatable bonds is 4. The summed E-state index contributed by atoms with van der Waals surface area (Å²) in [4.78, 5) is 14.3.